The topological polar surface area (TPSA) is 32.3 Å². The van der Waals surface area contributed by atoms with Gasteiger partial charge in [-0.25, -0.2) is 4.39 Å². The Morgan fingerprint density at radius 2 is 1.38 bits per heavy atom. The first-order valence-electron chi connectivity index (χ1n) is 8.98. The highest BCUT2D eigenvalue weighted by atomic mass is 19.1. The molecule has 0 heterocycles. The molecule has 0 radical (unpaired) electrons. The number of aryl methyl sites for hydroxylation is 1. The summed E-state index contributed by atoms with van der Waals surface area (Å²) in [5.74, 6) is -0.230. The highest BCUT2D eigenvalue weighted by Gasteiger charge is 2.05. The van der Waals surface area contributed by atoms with Gasteiger partial charge in [-0.2, -0.15) is 0 Å². The molecule has 1 atom stereocenters. The van der Waals surface area contributed by atoms with Gasteiger partial charge in [0.2, 0.25) is 0 Å². The monoisotopic (exact) mass is 349 g/mol. The Hall–Kier alpha value is -2.65. The van der Waals surface area contributed by atoms with Crippen LogP contribution in [0.25, 0.3) is 0 Å². The number of aliphatic hydroxyl groups excluding tert-OH is 1. The summed E-state index contributed by atoms with van der Waals surface area (Å²) >= 11 is 0. The Bertz CT molecular complexity index is 785. The number of benzene rings is 3. The van der Waals surface area contributed by atoms with Gasteiger partial charge in [0.05, 0.1) is 6.10 Å². The number of halogens is 1. The molecule has 0 saturated carbocycles. The van der Waals surface area contributed by atoms with Gasteiger partial charge in [-0.15, -0.1) is 0 Å². The van der Waals surface area contributed by atoms with Gasteiger partial charge in [-0.1, -0.05) is 54.6 Å². The molecule has 3 rings (SSSR count). The van der Waals surface area contributed by atoms with E-state index in [2.05, 4.69) is 41.7 Å². The van der Waals surface area contributed by atoms with Crippen molar-refractivity contribution in [3.8, 4) is 0 Å². The third-order valence-electron chi connectivity index (χ3n) is 4.43. The third-order valence-corrected chi connectivity index (χ3v) is 4.43. The molecule has 0 amide bonds. The van der Waals surface area contributed by atoms with Crippen molar-refractivity contribution in [3.05, 3.63) is 101 Å². The van der Waals surface area contributed by atoms with Crippen LogP contribution in [-0.2, 0) is 12.8 Å². The van der Waals surface area contributed by atoms with E-state index in [0.717, 1.165) is 24.1 Å². The van der Waals surface area contributed by atoms with Crippen molar-refractivity contribution in [2.45, 2.75) is 25.4 Å². The zero-order valence-corrected chi connectivity index (χ0v) is 14.7. The average molecular weight is 349 g/mol. The van der Waals surface area contributed by atoms with Crippen LogP contribution >= 0.6 is 0 Å². The predicted molar refractivity (Wildman–Crippen MR) is 105 cm³/mol. The van der Waals surface area contributed by atoms with Crippen molar-refractivity contribution >= 4 is 5.69 Å². The molecule has 0 aromatic heterocycles. The van der Waals surface area contributed by atoms with Gasteiger partial charge in [-0.05, 0) is 60.2 Å². The molecular weight excluding hydrogens is 325 g/mol. The zero-order valence-electron chi connectivity index (χ0n) is 14.7. The van der Waals surface area contributed by atoms with Gasteiger partial charge in [0, 0.05) is 12.2 Å². The van der Waals surface area contributed by atoms with E-state index < -0.39 is 6.10 Å². The van der Waals surface area contributed by atoms with Gasteiger partial charge in [0.1, 0.15) is 5.82 Å². The van der Waals surface area contributed by atoms with Gasteiger partial charge in [0.25, 0.3) is 0 Å². The van der Waals surface area contributed by atoms with Crippen molar-refractivity contribution in [1.82, 2.24) is 0 Å². The van der Waals surface area contributed by atoms with E-state index >= 15 is 0 Å². The fraction of sp³-hybridized carbons (Fsp3) is 0.217. The summed E-state index contributed by atoms with van der Waals surface area (Å²) in [6, 6.07) is 25.1. The Labute approximate surface area is 154 Å². The quantitative estimate of drug-likeness (QED) is 0.611. The Balaban J connectivity index is 1.43. The lowest BCUT2D eigenvalue weighted by Gasteiger charge is -2.13. The predicted octanol–water partition coefficient (Wildman–Crippen LogP) is 4.82. The van der Waals surface area contributed by atoms with Crippen LogP contribution < -0.4 is 5.32 Å². The number of nitrogens with one attached hydrogen (secondary N) is 1. The molecule has 0 bridgehead atoms. The lowest BCUT2D eigenvalue weighted by Crippen LogP contribution is -2.20. The summed E-state index contributed by atoms with van der Waals surface area (Å²) in [6.45, 7) is 0.499. The number of rotatable bonds is 8. The van der Waals surface area contributed by atoms with Crippen molar-refractivity contribution in [2.24, 2.45) is 0 Å². The first-order chi connectivity index (χ1) is 12.7. The largest absolute Gasteiger partial charge is 0.391 e. The number of hydrogen-bond donors (Lipinski definition) is 2. The molecule has 0 fully saturated rings. The number of aliphatic hydroxyl groups is 1. The summed E-state index contributed by atoms with van der Waals surface area (Å²) in [6.07, 6.45) is 1.86. The molecule has 26 heavy (non-hydrogen) atoms. The van der Waals surface area contributed by atoms with Crippen molar-refractivity contribution in [3.63, 3.8) is 0 Å². The molecule has 3 aromatic carbocycles. The molecule has 2 N–H and O–H groups in total. The molecule has 0 spiro atoms. The Morgan fingerprint density at radius 3 is 2.08 bits per heavy atom. The van der Waals surface area contributed by atoms with E-state index in [0.29, 0.717) is 13.0 Å². The molecule has 2 nitrogen and oxygen atoms in total. The second-order valence-corrected chi connectivity index (χ2v) is 6.56. The smallest absolute Gasteiger partial charge is 0.123 e. The average Bonchev–Trinajstić information content (AvgIpc) is 2.68. The van der Waals surface area contributed by atoms with Crippen molar-refractivity contribution in [1.29, 1.82) is 0 Å². The van der Waals surface area contributed by atoms with Crippen LogP contribution in [0.1, 0.15) is 23.1 Å². The first-order valence-corrected chi connectivity index (χ1v) is 8.98. The standard InChI is InChI=1S/C23H24FNO/c24-21-11-6-18(7-12-21)10-15-23(26)17-25-22-13-8-20(9-14-22)16-19-4-2-1-3-5-19/h1-9,11-14,23,25-26H,10,15-17H2. The lowest BCUT2D eigenvalue weighted by molar-refractivity contribution is 0.177. The molecule has 134 valence electrons. The second-order valence-electron chi connectivity index (χ2n) is 6.56. The maximum Gasteiger partial charge on any atom is 0.123 e. The molecule has 1 unspecified atom stereocenters. The van der Waals surface area contributed by atoms with E-state index in [-0.39, 0.29) is 5.82 Å². The summed E-state index contributed by atoms with van der Waals surface area (Å²) in [5.41, 5.74) is 4.60. The highest BCUT2D eigenvalue weighted by molar-refractivity contribution is 5.45. The molecule has 0 aliphatic heterocycles. The summed E-state index contributed by atoms with van der Waals surface area (Å²) in [5, 5.41) is 13.4. The molecule has 0 saturated heterocycles. The van der Waals surface area contributed by atoms with Gasteiger partial charge >= 0.3 is 0 Å². The van der Waals surface area contributed by atoms with E-state index in [1.165, 1.54) is 23.3 Å². The molecule has 0 aliphatic carbocycles. The third kappa shape index (κ3) is 5.71. The first kappa shape index (κ1) is 18.2. The van der Waals surface area contributed by atoms with E-state index in [1.807, 2.05) is 18.2 Å². The van der Waals surface area contributed by atoms with Crippen LogP contribution in [0, 0.1) is 5.82 Å². The minimum Gasteiger partial charge on any atom is -0.391 e. The van der Waals surface area contributed by atoms with Crippen LogP contribution in [0.4, 0.5) is 10.1 Å². The highest BCUT2D eigenvalue weighted by Crippen LogP contribution is 2.14. The minimum absolute atomic E-state index is 0.230. The minimum atomic E-state index is -0.441. The summed E-state index contributed by atoms with van der Waals surface area (Å²) in [4.78, 5) is 0. The Morgan fingerprint density at radius 1 is 0.769 bits per heavy atom. The number of hydrogen-bond acceptors (Lipinski definition) is 2. The zero-order chi connectivity index (χ0) is 18.2. The second kappa shape index (κ2) is 9.16. The molecular formula is C23H24FNO. The summed E-state index contributed by atoms with van der Waals surface area (Å²) < 4.78 is 12.9. The maximum atomic E-state index is 12.9. The summed E-state index contributed by atoms with van der Waals surface area (Å²) in [7, 11) is 0. The molecule has 3 heteroatoms. The van der Waals surface area contributed by atoms with Crippen LogP contribution in [-0.4, -0.2) is 17.8 Å². The van der Waals surface area contributed by atoms with Crippen molar-refractivity contribution in [2.75, 3.05) is 11.9 Å². The molecule has 0 aliphatic rings. The number of anilines is 1. The maximum absolute atomic E-state index is 12.9. The Kier molecular flexibility index (Phi) is 6.39. The van der Waals surface area contributed by atoms with Gasteiger partial charge in [-0.3, -0.25) is 0 Å². The van der Waals surface area contributed by atoms with Crippen LogP contribution in [0.3, 0.4) is 0 Å². The SMILES string of the molecule is OC(CCc1ccc(F)cc1)CNc1ccc(Cc2ccccc2)cc1. The normalized spacial score (nSPS) is 11.9. The van der Waals surface area contributed by atoms with Crippen LogP contribution in [0.5, 0.6) is 0 Å². The van der Waals surface area contributed by atoms with E-state index in [9.17, 15) is 9.50 Å². The fourth-order valence-corrected chi connectivity index (χ4v) is 2.89. The van der Waals surface area contributed by atoms with Crippen molar-refractivity contribution < 1.29 is 9.50 Å². The fourth-order valence-electron chi connectivity index (χ4n) is 2.89. The van der Waals surface area contributed by atoms with Gasteiger partial charge in [0.15, 0.2) is 0 Å². The van der Waals surface area contributed by atoms with E-state index in [1.54, 1.807) is 12.1 Å². The lowest BCUT2D eigenvalue weighted by atomic mass is 10.0. The van der Waals surface area contributed by atoms with Gasteiger partial charge < -0.3 is 10.4 Å². The van der Waals surface area contributed by atoms with Crippen LogP contribution in [0.2, 0.25) is 0 Å². The van der Waals surface area contributed by atoms with E-state index in [4.69, 9.17) is 0 Å². The van der Waals surface area contributed by atoms with Crippen LogP contribution in [0.15, 0.2) is 78.9 Å². The molecule has 3 aromatic rings.